The maximum Gasteiger partial charge on any atom is 0.125 e. The molecule has 0 aromatic heterocycles. The highest BCUT2D eigenvalue weighted by Gasteiger charge is 2.17. The molecule has 0 saturated carbocycles. The lowest BCUT2D eigenvalue weighted by molar-refractivity contribution is 0.0989. The molecular formula is C17H28N2O2. The zero-order valence-electron chi connectivity index (χ0n) is 13.4. The Hall–Kier alpha value is -1.10. The van der Waals surface area contributed by atoms with Crippen LogP contribution >= 0.6 is 0 Å². The largest absolute Gasteiger partial charge is 0.490 e. The van der Waals surface area contributed by atoms with Crippen molar-refractivity contribution < 1.29 is 9.84 Å². The van der Waals surface area contributed by atoms with Gasteiger partial charge in [0.15, 0.2) is 0 Å². The number of aliphatic hydroxyl groups is 1. The van der Waals surface area contributed by atoms with Crippen LogP contribution in [0.1, 0.15) is 24.0 Å². The second-order valence-electron chi connectivity index (χ2n) is 6.17. The minimum absolute atomic E-state index is 0.339. The van der Waals surface area contributed by atoms with Crippen molar-refractivity contribution in [3.63, 3.8) is 0 Å². The number of hydrogen-bond donors (Lipinski definition) is 2. The molecule has 0 aliphatic carbocycles. The van der Waals surface area contributed by atoms with Gasteiger partial charge in [0.1, 0.15) is 18.5 Å². The molecule has 1 fully saturated rings. The van der Waals surface area contributed by atoms with Gasteiger partial charge in [0.25, 0.3) is 0 Å². The van der Waals surface area contributed by atoms with Crippen molar-refractivity contribution in [1.82, 2.24) is 10.2 Å². The summed E-state index contributed by atoms with van der Waals surface area (Å²) >= 11 is 0. The molecule has 1 aliphatic rings. The molecule has 21 heavy (non-hydrogen) atoms. The number of para-hydroxylation sites is 1. The molecule has 1 aromatic rings. The maximum absolute atomic E-state index is 10.1. The number of nitrogens with zero attached hydrogens (tertiary/aromatic N) is 1. The number of benzene rings is 1. The Bertz CT molecular complexity index is 422. The minimum atomic E-state index is -0.469. The van der Waals surface area contributed by atoms with E-state index < -0.39 is 6.10 Å². The van der Waals surface area contributed by atoms with Gasteiger partial charge >= 0.3 is 0 Å². The molecule has 0 radical (unpaired) electrons. The zero-order valence-corrected chi connectivity index (χ0v) is 13.4. The van der Waals surface area contributed by atoms with Crippen LogP contribution in [0.15, 0.2) is 18.2 Å². The summed E-state index contributed by atoms with van der Waals surface area (Å²) in [7, 11) is 2.16. The summed E-state index contributed by atoms with van der Waals surface area (Å²) in [4.78, 5) is 2.35. The van der Waals surface area contributed by atoms with Crippen LogP contribution in [0.3, 0.4) is 0 Å². The number of nitrogens with one attached hydrogen (secondary N) is 1. The van der Waals surface area contributed by atoms with Crippen LogP contribution in [-0.2, 0) is 0 Å². The van der Waals surface area contributed by atoms with Gasteiger partial charge in [-0.25, -0.2) is 0 Å². The molecule has 118 valence electrons. The van der Waals surface area contributed by atoms with E-state index in [1.807, 2.05) is 32.0 Å². The van der Waals surface area contributed by atoms with Gasteiger partial charge in [0.05, 0.1) is 0 Å². The van der Waals surface area contributed by atoms with E-state index in [0.29, 0.717) is 19.2 Å². The van der Waals surface area contributed by atoms with E-state index in [4.69, 9.17) is 4.74 Å². The van der Waals surface area contributed by atoms with Gasteiger partial charge in [-0.1, -0.05) is 18.2 Å². The molecule has 1 aliphatic heterocycles. The standard InChI is InChI=1S/C17H28N2O2/c1-13-5-4-6-14(2)17(13)21-12-16(20)11-18-15-7-9-19(3)10-8-15/h4-6,15-16,18,20H,7-12H2,1-3H3. The lowest BCUT2D eigenvalue weighted by atomic mass is 10.1. The first-order valence-corrected chi connectivity index (χ1v) is 7.85. The van der Waals surface area contributed by atoms with Gasteiger partial charge in [-0.2, -0.15) is 0 Å². The predicted octanol–water partition coefficient (Wildman–Crippen LogP) is 1.73. The van der Waals surface area contributed by atoms with Crippen molar-refractivity contribution in [2.24, 2.45) is 0 Å². The molecule has 2 rings (SSSR count). The van der Waals surface area contributed by atoms with Crippen LogP contribution in [0, 0.1) is 13.8 Å². The Morgan fingerprint density at radius 3 is 2.52 bits per heavy atom. The summed E-state index contributed by atoms with van der Waals surface area (Å²) in [6, 6.07) is 6.61. The van der Waals surface area contributed by atoms with E-state index in [0.717, 1.165) is 42.8 Å². The van der Waals surface area contributed by atoms with E-state index in [2.05, 4.69) is 17.3 Å². The van der Waals surface area contributed by atoms with Crippen molar-refractivity contribution in [2.75, 3.05) is 33.3 Å². The van der Waals surface area contributed by atoms with Crippen LogP contribution < -0.4 is 10.1 Å². The van der Waals surface area contributed by atoms with E-state index >= 15 is 0 Å². The molecule has 1 atom stereocenters. The predicted molar refractivity (Wildman–Crippen MR) is 85.9 cm³/mol. The summed E-state index contributed by atoms with van der Waals surface area (Å²) in [6.45, 7) is 7.26. The number of aliphatic hydroxyl groups excluding tert-OH is 1. The SMILES string of the molecule is Cc1cccc(C)c1OCC(O)CNC1CCN(C)CC1. The second-order valence-corrected chi connectivity index (χ2v) is 6.17. The maximum atomic E-state index is 10.1. The van der Waals surface area contributed by atoms with Crippen LogP contribution in [-0.4, -0.2) is 55.4 Å². The highest BCUT2D eigenvalue weighted by atomic mass is 16.5. The molecule has 2 N–H and O–H groups in total. The molecule has 0 amide bonds. The quantitative estimate of drug-likeness (QED) is 0.838. The van der Waals surface area contributed by atoms with Crippen LogP contribution in [0.25, 0.3) is 0 Å². The third kappa shape index (κ3) is 4.99. The van der Waals surface area contributed by atoms with Crippen LogP contribution in [0.2, 0.25) is 0 Å². The van der Waals surface area contributed by atoms with E-state index in [1.165, 1.54) is 0 Å². The van der Waals surface area contributed by atoms with Crippen molar-refractivity contribution in [3.8, 4) is 5.75 Å². The molecule has 1 aromatic carbocycles. The number of rotatable bonds is 6. The van der Waals surface area contributed by atoms with E-state index in [1.54, 1.807) is 0 Å². The Kier molecular flexibility index (Phi) is 6.03. The summed E-state index contributed by atoms with van der Waals surface area (Å²) in [6.07, 6.45) is 1.84. The Morgan fingerprint density at radius 1 is 1.29 bits per heavy atom. The molecule has 4 heteroatoms. The van der Waals surface area contributed by atoms with Gasteiger partial charge in [-0.3, -0.25) is 0 Å². The van der Waals surface area contributed by atoms with Crippen molar-refractivity contribution in [3.05, 3.63) is 29.3 Å². The lowest BCUT2D eigenvalue weighted by Crippen LogP contribution is -2.44. The first-order valence-electron chi connectivity index (χ1n) is 7.85. The van der Waals surface area contributed by atoms with Gasteiger partial charge in [-0.15, -0.1) is 0 Å². The van der Waals surface area contributed by atoms with Gasteiger partial charge in [0, 0.05) is 12.6 Å². The second kappa shape index (κ2) is 7.78. The summed E-state index contributed by atoms with van der Waals surface area (Å²) < 4.78 is 5.79. The Labute approximate surface area is 128 Å². The summed E-state index contributed by atoms with van der Waals surface area (Å²) in [5, 5.41) is 13.5. The third-order valence-corrected chi connectivity index (χ3v) is 4.19. The minimum Gasteiger partial charge on any atom is -0.490 e. The van der Waals surface area contributed by atoms with Gasteiger partial charge in [0.2, 0.25) is 0 Å². The third-order valence-electron chi connectivity index (χ3n) is 4.19. The summed E-state index contributed by atoms with van der Waals surface area (Å²) in [5.41, 5.74) is 2.23. The topological polar surface area (TPSA) is 44.7 Å². The lowest BCUT2D eigenvalue weighted by Gasteiger charge is -2.30. The fourth-order valence-corrected chi connectivity index (χ4v) is 2.78. The number of likely N-dealkylation sites (tertiary alicyclic amines) is 1. The number of hydrogen-bond acceptors (Lipinski definition) is 4. The molecule has 1 heterocycles. The van der Waals surface area contributed by atoms with E-state index in [9.17, 15) is 5.11 Å². The Balaban J connectivity index is 1.71. The normalized spacial score (nSPS) is 18.7. The van der Waals surface area contributed by atoms with Crippen LogP contribution in [0.5, 0.6) is 5.75 Å². The van der Waals surface area contributed by atoms with Crippen molar-refractivity contribution in [2.45, 2.75) is 38.8 Å². The summed E-state index contributed by atoms with van der Waals surface area (Å²) in [5.74, 6) is 0.899. The van der Waals surface area contributed by atoms with Crippen molar-refractivity contribution in [1.29, 1.82) is 0 Å². The average molecular weight is 292 g/mol. The smallest absolute Gasteiger partial charge is 0.125 e. The molecule has 1 saturated heterocycles. The van der Waals surface area contributed by atoms with Gasteiger partial charge in [-0.05, 0) is 58.0 Å². The van der Waals surface area contributed by atoms with Gasteiger partial charge < -0.3 is 20.1 Å². The highest BCUT2D eigenvalue weighted by Crippen LogP contribution is 2.22. The van der Waals surface area contributed by atoms with Crippen molar-refractivity contribution >= 4 is 0 Å². The highest BCUT2D eigenvalue weighted by molar-refractivity contribution is 5.39. The molecule has 4 nitrogen and oxygen atoms in total. The fourth-order valence-electron chi connectivity index (χ4n) is 2.78. The number of piperidine rings is 1. The Morgan fingerprint density at radius 2 is 1.90 bits per heavy atom. The first-order chi connectivity index (χ1) is 10.1. The average Bonchev–Trinajstić information content (AvgIpc) is 2.46. The molecule has 0 bridgehead atoms. The first kappa shape index (κ1) is 16.3. The molecular weight excluding hydrogens is 264 g/mol. The number of aryl methyl sites for hydroxylation is 2. The number of ether oxygens (including phenoxy) is 1. The fraction of sp³-hybridized carbons (Fsp3) is 0.647. The van der Waals surface area contributed by atoms with Crippen LogP contribution in [0.4, 0.5) is 0 Å². The zero-order chi connectivity index (χ0) is 15.2. The van der Waals surface area contributed by atoms with E-state index in [-0.39, 0.29) is 0 Å². The monoisotopic (exact) mass is 292 g/mol. The molecule has 1 unspecified atom stereocenters. The molecule has 0 spiro atoms.